The summed E-state index contributed by atoms with van der Waals surface area (Å²) in [4.78, 5) is 18.7. The zero-order chi connectivity index (χ0) is 13.8. The van der Waals surface area contributed by atoms with Crippen LogP contribution in [0.15, 0.2) is 12.3 Å². The van der Waals surface area contributed by atoms with Crippen molar-refractivity contribution in [3.63, 3.8) is 0 Å². The lowest BCUT2D eigenvalue weighted by Crippen LogP contribution is -2.32. The maximum Gasteiger partial charge on any atom is 0.255 e. The van der Waals surface area contributed by atoms with Crippen LogP contribution in [0.1, 0.15) is 48.7 Å². The molecule has 0 radical (unpaired) electrons. The van der Waals surface area contributed by atoms with Crippen LogP contribution in [-0.2, 0) is 0 Å². The largest absolute Gasteiger partial charge is 0.397 e. The van der Waals surface area contributed by atoms with Crippen molar-refractivity contribution in [1.82, 2.24) is 9.88 Å². The van der Waals surface area contributed by atoms with Crippen molar-refractivity contribution in [3.8, 4) is 0 Å². The summed E-state index contributed by atoms with van der Waals surface area (Å²) in [6, 6.07) is 1.74. The Labute approximate surface area is 115 Å². The first-order valence-electron chi connectivity index (χ1n) is 7.13. The van der Waals surface area contributed by atoms with Crippen LogP contribution in [-0.4, -0.2) is 28.9 Å². The van der Waals surface area contributed by atoms with E-state index in [9.17, 15) is 4.79 Å². The third-order valence-electron chi connectivity index (χ3n) is 4.05. The van der Waals surface area contributed by atoms with E-state index in [-0.39, 0.29) is 5.91 Å². The molecule has 4 heteroatoms. The van der Waals surface area contributed by atoms with Crippen LogP contribution in [0.5, 0.6) is 0 Å². The average molecular weight is 261 g/mol. The Morgan fingerprint density at radius 2 is 2.26 bits per heavy atom. The second kappa shape index (κ2) is 6.04. The number of nitrogens with zero attached hydrogens (tertiary/aromatic N) is 2. The van der Waals surface area contributed by atoms with Crippen molar-refractivity contribution < 1.29 is 4.79 Å². The van der Waals surface area contributed by atoms with Gasteiger partial charge in [0.05, 0.1) is 23.1 Å². The Morgan fingerprint density at radius 1 is 1.47 bits per heavy atom. The van der Waals surface area contributed by atoms with Gasteiger partial charge in [-0.3, -0.25) is 9.78 Å². The van der Waals surface area contributed by atoms with E-state index in [1.807, 2.05) is 11.8 Å². The molecule has 0 aliphatic carbocycles. The van der Waals surface area contributed by atoms with E-state index in [0.717, 1.165) is 37.5 Å². The standard InChI is InChI=1S/C15H23N3O/c1-3-12-5-4-7-18(8-6-12)15(19)14-9-13(16)10-17-11(14)2/h9-10,12H,3-8,16H2,1-2H3. The molecule has 1 fully saturated rings. The number of aromatic nitrogens is 1. The fourth-order valence-corrected chi connectivity index (χ4v) is 2.71. The molecule has 1 aliphatic rings. The molecule has 19 heavy (non-hydrogen) atoms. The highest BCUT2D eigenvalue weighted by Gasteiger charge is 2.22. The van der Waals surface area contributed by atoms with E-state index in [2.05, 4.69) is 11.9 Å². The molecule has 0 saturated carbocycles. The molecular formula is C15H23N3O. The van der Waals surface area contributed by atoms with Gasteiger partial charge in [0.15, 0.2) is 0 Å². The van der Waals surface area contributed by atoms with E-state index < -0.39 is 0 Å². The van der Waals surface area contributed by atoms with E-state index in [1.54, 1.807) is 12.3 Å². The van der Waals surface area contributed by atoms with Gasteiger partial charge in [-0.05, 0) is 38.2 Å². The highest BCUT2D eigenvalue weighted by molar-refractivity contribution is 5.96. The summed E-state index contributed by atoms with van der Waals surface area (Å²) in [6.07, 6.45) is 6.24. The number of amides is 1. The minimum absolute atomic E-state index is 0.0778. The van der Waals surface area contributed by atoms with Gasteiger partial charge < -0.3 is 10.6 Å². The van der Waals surface area contributed by atoms with Crippen LogP contribution in [0.25, 0.3) is 0 Å². The third kappa shape index (κ3) is 3.25. The topological polar surface area (TPSA) is 59.2 Å². The summed E-state index contributed by atoms with van der Waals surface area (Å²) >= 11 is 0. The summed E-state index contributed by atoms with van der Waals surface area (Å²) in [7, 11) is 0. The molecule has 2 heterocycles. The lowest BCUT2D eigenvalue weighted by molar-refractivity contribution is 0.0758. The van der Waals surface area contributed by atoms with Gasteiger partial charge in [-0.2, -0.15) is 0 Å². The lowest BCUT2D eigenvalue weighted by atomic mass is 9.98. The van der Waals surface area contributed by atoms with Crippen molar-refractivity contribution in [2.45, 2.75) is 39.5 Å². The zero-order valence-electron chi connectivity index (χ0n) is 11.9. The Morgan fingerprint density at radius 3 is 3.00 bits per heavy atom. The summed E-state index contributed by atoms with van der Waals surface area (Å²) in [5.74, 6) is 0.840. The summed E-state index contributed by atoms with van der Waals surface area (Å²) in [5, 5.41) is 0. The van der Waals surface area contributed by atoms with Gasteiger partial charge in [0.1, 0.15) is 0 Å². The molecule has 1 aliphatic heterocycles. The number of aryl methyl sites for hydroxylation is 1. The van der Waals surface area contributed by atoms with Crippen molar-refractivity contribution in [2.24, 2.45) is 5.92 Å². The minimum Gasteiger partial charge on any atom is -0.397 e. The molecule has 1 saturated heterocycles. The van der Waals surface area contributed by atoms with Gasteiger partial charge in [0.2, 0.25) is 0 Å². The number of rotatable bonds is 2. The first-order chi connectivity index (χ1) is 9.11. The molecular weight excluding hydrogens is 238 g/mol. The Balaban J connectivity index is 2.13. The van der Waals surface area contributed by atoms with Gasteiger partial charge in [0, 0.05) is 13.1 Å². The molecule has 2 rings (SSSR count). The monoisotopic (exact) mass is 261 g/mol. The van der Waals surface area contributed by atoms with Crippen LogP contribution in [0.2, 0.25) is 0 Å². The average Bonchev–Trinajstić information content (AvgIpc) is 2.66. The zero-order valence-corrected chi connectivity index (χ0v) is 11.9. The van der Waals surface area contributed by atoms with Gasteiger partial charge in [-0.15, -0.1) is 0 Å². The maximum atomic E-state index is 12.6. The first kappa shape index (κ1) is 13.8. The molecule has 4 nitrogen and oxygen atoms in total. The van der Waals surface area contributed by atoms with Crippen molar-refractivity contribution in [2.75, 3.05) is 18.8 Å². The molecule has 0 spiro atoms. The Bertz CT molecular complexity index is 459. The second-order valence-corrected chi connectivity index (χ2v) is 5.40. The van der Waals surface area contributed by atoms with E-state index >= 15 is 0 Å². The SMILES string of the molecule is CCC1CCCN(C(=O)c2cc(N)cnc2C)CC1. The molecule has 1 amide bonds. The number of nitrogen functional groups attached to an aromatic ring is 1. The minimum atomic E-state index is 0.0778. The van der Waals surface area contributed by atoms with Crippen LogP contribution in [0.3, 0.4) is 0 Å². The molecule has 104 valence electrons. The molecule has 1 unspecified atom stereocenters. The van der Waals surface area contributed by atoms with E-state index in [1.165, 1.54) is 12.8 Å². The number of hydrogen-bond donors (Lipinski definition) is 1. The molecule has 1 aromatic heterocycles. The first-order valence-corrected chi connectivity index (χ1v) is 7.13. The normalized spacial score (nSPS) is 20.1. The van der Waals surface area contributed by atoms with Gasteiger partial charge in [-0.25, -0.2) is 0 Å². The number of carbonyl (C=O) groups excluding carboxylic acids is 1. The highest BCUT2D eigenvalue weighted by atomic mass is 16.2. The summed E-state index contributed by atoms with van der Waals surface area (Å²) < 4.78 is 0. The Kier molecular flexibility index (Phi) is 4.40. The van der Waals surface area contributed by atoms with Crippen LogP contribution >= 0.6 is 0 Å². The predicted octanol–water partition coefficient (Wildman–Crippen LogP) is 2.62. The summed E-state index contributed by atoms with van der Waals surface area (Å²) in [6.45, 7) is 5.79. The number of nitrogens with two attached hydrogens (primary N) is 1. The highest BCUT2D eigenvalue weighted by Crippen LogP contribution is 2.22. The number of hydrogen-bond acceptors (Lipinski definition) is 3. The number of carbonyl (C=O) groups is 1. The van der Waals surface area contributed by atoms with E-state index in [4.69, 9.17) is 5.73 Å². The van der Waals surface area contributed by atoms with E-state index in [0.29, 0.717) is 11.3 Å². The molecule has 0 aromatic carbocycles. The fraction of sp³-hybridized carbons (Fsp3) is 0.600. The fourth-order valence-electron chi connectivity index (χ4n) is 2.71. The van der Waals surface area contributed by atoms with Crippen LogP contribution in [0, 0.1) is 12.8 Å². The predicted molar refractivity (Wildman–Crippen MR) is 76.9 cm³/mol. The maximum absolute atomic E-state index is 12.6. The molecule has 2 N–H and O–H groups in total. The van der Waals surface area contributed by atoms with Crippen molar-refractivity contribution in [3.05, 3.63) is 23.5 Å². The van der Waals surface area contributed by atoms with Crippen molar-refractivity contribution in [1.29, 1.82) is 0 Å². The molecule has 1 aromatic rings. The lowest BCUT2D eigenvalue weighted by Gasteiger charge is -2.21. The third-order valence-corrected chi connectivity index (χ3v) is 4.05. The quantitative estimate of drug-likeness (QED) is 0.890. The van der Waals surface area contributed by atoms with Crippen molar-refractivity contribution >= 4 is 11.6 Å². The van der Waals surface area contributed by atoms with Crippen LogP contribution < -0.4 is 5.73 Å². The number of pyridine rings is 1. The van der Waals surface area contributed by atoms with Gasteiger partial charge >= 0.3 is 0 Å². The summed E-state index contributed by atoms with van der Waals surface area (Å²) in [5.41, 5.74) is 7.69. The van der Waals surface area contributed by atoms with Gasteiger partial charge in [-0.1, -0.05) is 13.3 Å². The molecule has 1 atom stereocenters. The number of likely N-dealkylation sites (tertiary alicyclic amines) is 1. The second-order valence-electron chi connectivity index (χ2n) is 5.40. The number of anilines is 1. The van der Waals surface area contributed by atoms with Crippen LogP contribution in [0.4, 0.5) is 5.69 Å². The Hall–Kier alpha value is -1.58. The smallest absolute Gasteiger partial charge is 0.255 e. The molecule has 0 bridgehead atoms. The van der Waals surface area contributed by atoms with Gasteiger partial charge in [0.25, 0.3) is 5.91 Å².